The summed E-state index contributed by atoms with van der Waals surface area (Å²) >= 11 is 0. The summed E-state index contributed by atoms with van der Waals surface area (Å²) < 4.78 is 0. The molecule has 0 aliphatic carbocycles. The molecule has 3 nitrogen and oxygen atoms in total. The molecule has 1 aliphatic rings. The van der Waals surface area contributed by atoms with Crippen molar-refractivity contribution in [3.63, 3.8) is 0 Å². The number of aliphatic carboxylic acids is 1. The van der Waals surface area contributed by atoms with Crippen molar-refractivity contribution in [1.82, 2.24) is 4.90 Å². The molecule has 2 aromatic carbocycles. The Labute approximate surface area is 137 Å². The van der Waals surface area contributed by atoms with Crippen molar-refractivity contribution >= 4 is 5.97 Å². The number of carboxylic acids is 1. The molecular weight excluding hydrogens is 286 g/mol. The van der Waals surface area contributed by atoms with Gasteiger partial charge in [0.15, 0.2) is 0 Å². The van der Waals surface area contributed by atoms with E-state index in [-0.39, 0.29) is 12.0 Å². The first-order valence-corrected chi connectivity index (χ1v) is 8.24. The number of likely N-dealkylation sites (tertiary alicyclic amines) is 1. The van der Waals surface area contributed by atoms with Crippen molar-refractivity contribution in [3.8, 4) is 0 Å². The highest BCUT2D eigenvalue weighted by molar-refractivity contribution is 5.70. The van der Waals surface area contributed by atoms with Gasteiger partial charge in [0.1, 0.15) is 0 Å². The van der Waals surface area contributed by atoms with Gasteiger partial charge >= 0.3 is 5.97 Å². The summed E-state index contributed by atoms with van der Waals surface area (Å²) in [5.74, 6) is -0.851. The van der Waals surface area contributed by atoms with Crippen molar-refractivity contribution in [2.75, 3.05) is 13.1 Å². The largest absolute Gasteiger partial charge is 0.481 e. The summed E-state index contributed by atoms with van der Waals surface area (Å²) in [5.41, 5.74) is 3.87. The Balaban J connectivity index is 1.91. The van der Waals surface area contributed by atoms with E-state index in [1.807, 2.05) is 6.07 Å². The van der Waals surface area contributed by atoms with Crippen molar-refractivity contribution in [2.24, 2.45) is 5.92 Å². The lowest BCUT2D eigenvalue weighted by Crippen LogP contribution is -2.39. The third-order valence-corrected chi connectivity index (χ3v) is 4.84. The first-order valence-electron chi connectivity index (χ1n) is 8.24. The van der Waals surface area contributed by atoms with Crippen LogP contribution in [0.15, 0.2) is 54.6 Å². The quantitative estimate of drug-likeness (QED) is 0.931. The van der Waals surface area contributed by atoms with Crippen molar-refractivity contribution in [2.45, 2.75) is 25.8 Å². The van der Waals surface area contributed by atoms with Crippen LogP contribution in [0, 0.1) is 12.8 Å². The van der Waals surface area contributed by atoms with Gasteiger partial charge in [-0.15, -0.1) is 0 Å². The van der Waals surface area contributed by atoms with Crippen LogP contribution in [-0.4, -0.2) is 29.1 Å². The number of carbonyl (C=O) groups is 1. The topological polar surface area (TPSA) is 40.5 Å². The molecule has 0 saturated carbocycles. The number of hydrogen-bond acceptors (Lipinski definition) is 2. The Morgan fingerprint density at radius 3 is 2.26 bits per heavy atom. The SMILES string of the molecule is Cc1ccccc1C(c1ccccc1)N1CCC(C(=O)O)CC1. The number of nitrogens with zero attached hydrogens (tertiary/aromatic N) is 1. The minimum Gasteiger partial charge on any atom is -0.481 e. The van der Waals surface area contributed by atoms with E-state index < -0.39 is 5.97 Å². The fourth-order valence-electron chi connectivity index (χ4n) is 3.52. The van der Waals surface area contributed by atoms with Crippen molar-refractivity contribution in [1.29, 1.82) is 0 Å². The van der Waals surface area contributed by atoms with Crippen LogP contribution in [0.1, 0.15) is 35.6 Å². The molecule has 3 rings (SSSR count). The number of benzene rings is 2. The molecule has 0 aromatic heterocycles. The van der Waals surface area contributed by atoms with E-state index in [0.717, 1.165) is 25.9 Å². The molecule has 0 radical (unpaired) electrons. The number of hydrogen-bond donors (Lipinski definition) is 1. The smallest absolute Gasteiger partial charge is 0.306 e. The average molecular weight is 309 g/mol. The van der Waals surface area contributed by atoms with Gasteiger partial charge in [0.05, 0.1) is 12.0 Å². The van der Waals surface area contributed by atoms with Crippen LogP contribution >= 0.6 is 0 Å². The van der Waals surface area contributed by atoms with Gasteiger partial charge in [-0.25, -0.2) is 0 Å². The second kappa shape index (κ2) is 6.97. The van der Waals surface area contributed by atoms with E-state index >= 15 is 0 Å². The fourth-order valence-corrected chi connectivity index (χ4v) is 3.52. The maximum Gasteiger partial charge on any atom is 0.306 e. The van der Waals surface area contributed by atoms with Crippen molar-refractivity contribution in [3.05, 3.63) is 71.3 Å². The van der Waals surface area contributed by atoms with E-state index in [0.29, 0.717) is 0 Å². The molecule has 0 spiro atoms. The minimum absolute atomic E-state index is 0.195. The van der Waals surface area contributed by atoms with Crippen LogP contribution in [0.25, 0.3) is 0 Å². The number of aryl methyl sites for hydroxylation is 1. The molecule has 1 saturated heterocycles. The molecule has 1 atom stereocenters. The molecule has 1 aliphatic heterocycles. The van der Waals surface area contributed by atoms with Gasteiger partial charge in [-0.05, 0) is 49.5 Å². The van der Waals surface area contributed by atoms with Gasteiger partial charge in [0.25, 0.3) is 0 Å². The van der Waals surface area contributed by atoms with Gasteiger partial charge in [-0.2, -0.15) is 0 Å². The molecule has 1 heterocycles. The Bertz CT molecular complexity index is 660. The Hall–Kier alpha value is -2.13. The lowest BCUT2D eigenvalue weighted by atomic mass is 9.89. The first-order chi connectivity index (χ1) is 11.2. The molecule has 1 N–H and O–H groups in total. The van der Waals surface area contributed by atoms with Crippen LogP contribution in [0.3, 0.4) is 0 Å². The summed E-state index contributed by atoms with van der Waals surface area (Å²) in [6.45, 7) is 3.80. The molecule has 1 unspecified atom stereocenters. The number of rotatable bonds is 4. The lowest BCUT2D eigenvalue weighted by molar-refractivity contribution is -0.143. The van der Waals surface area contributed by atoms with E-state index in [1.165, 1.54) is 16.7 Å². The highest BCUT2D eigenvalue weighted by atomic mass is 16.4. The maximum atomic E-state index is 11.2. The van der Waals surface area contributed by atoms with Gasteiger partial charge in [-0.1, -0.05) is 54.6 Å². The summed E-state index contributed by atoms with van der Waals surface area (Å²) in [7, 11) is 0. The summed E-state index contributed by atoms with van der Waals surface area (Å²) in [6.07, 6.45) is 1.45. The van der Waals surface area contributed by atoms with E-state index in [2.05, 4.69) is 60.4 Å². The Morgan fingerprint density at radius 1 is 1.04 bits per heavy atom. The Morgan fingerprint density at radius 2 is 1.65 bits per heavy atom. The molecule has 3 heteroatoms. The Kier molecular flexibility index (Phi) is 4.77. The first kappa shape index (κ1) is 15.8. The zero-order valence-electron chi connectivity index (χ0n) is 13.5. The third kappa shape index (κ3) is 3.45. The summed E-state index contributed by atoms with van der Waals surface area (Å²) in [4.78, 5) is 13.6. The zero-order chi connectivity index (χ0) is 16.2. The van der Waals surface area contributed by atoms with Gasteiger partial charge in [0.2, 0.25) is 0 Å². The van der Waals surface area contributed by atoms with E-state index in [4.69, 9.17) is 0 Å². The van der Waals surface area contributed by atoms with Crippen LogP contribution in [-0.2, 0) is 4.79 Å². The van der Waals surface area contributed by atoms with Gasteiger partial charge < -0.3 is 5.11 Å². The van der Waals surface area contributed by atoms with Crippen LogP contribution < -0.4 is 0 Å². The van der Waals surface area contributed by atoms with Gasteiger partial charge in [0, 0.05) is 0 Å². The molecule has 0 amide bonds. The maximum absolute atomic E-state index is 11.2. The van der Waals surface area contributed by atoms with Crippen LogP contribution in [0.5, 0.6) is 0 Å². The number of piperidine rings is 1. The van der Waals surface area contributed by atoms with Crippen LogP contribution in [0.2, 0.25) is 0 Å². The highest BCUT2D eigenvalue weighted by Gasteiger charge is 2.30. The minimum atomic E-state index is -0.656. The monoisotopic (exact) mass is 309 g/mol. The van der Waals surface area contributed by atoms with Crippen LogP contribution in [0.4, 0.5) is 0 Å². The molecule has 1 fully saturated rings. The predicted octanol–water partition coefficient (Wildman–Crippen LogP) is 3.88. The molecule has 0 bridgehead atoms. The molecule has 23 heavy (non-hydrogen) atoms. The number of carboxylic acid groups (broad SMARTS) is 1. The predicted molar refractivity (Wildman–Crippen MR) is 91.4 cm³/mol. The average Bonchev–Trinajstić information content (AvgIpc) is 2.58. The molecule has 120 valence electrons. The van der Waals surface area contributed by atoms with Crippen molar-refractivity contribution < 1.29 is 9.90 Å². The summed E-state index contributed by atoms with van der Waals surface area (Å²) in [6, 6.07) is 19.2. The molecular formula is C20H23NO2. The lowest BCUT2D eigenvalue weighted by Gasteiger charge is -2.37. The van der Waals surface area contributed by atoms with E-state index in [9.17, 15) is 9.90 Å². The van der Waals surface area contributed by atoms with E-state index in [1.54, 1.807) is 0 Å². The normalized spacial score (nSPS) is 17.8. The second-order valence-electron chi connectivity index (χ2n) is 6.32. The van der Waals surface area contributed by atoms with Gasteiger partial charge in [-0.3, -0.25) is 9.69 Å². The standard InChI is InChI=1S/C20H23NO2/c1-15-7-5-6-10-18(15)19(16-8-3-2-4-9-16)21-13-11-17(12-14-21)20(22)23/h2-10,17,19H,11-14H2,1H3,(H,22,23). The zero-order valence-corrected chi connectivity index (χ0v) is 13.5. The fraction of sp³-hybridized carbons (Fsp3) is 0.350. The third-order valence-electron chi connectivity index (χ3n) is 4.84. The highest BCUT2D eigenvalue weighted by Crippen LogP contribution is 2.33. The molecule has 2 aromatic rings. The summed E-state index contributed by atoms with van der Waals surface area (Å²) in [5, 5.41) is 9.22. The second-order valence-corrected chi connectivity index (χ2v) is 6.32.